The number of hydrogen-bond donors (Lipinski definition) is 1. The van der Waals surface area contributed by atoms with Crippen LogP contribution < -0.4 is 15.6 Å². The number of aromatic nitrogens is 2. The van der Waals surface area contributed by atoms with E-state index in [1.54, 1.807) is 22.8 Å². The maximum absolute atomic E-state index is 12.6. The summed E-state index contributed by atoms with van der Waals surface area (Å²) in [5, 5.41) is 3.51. The zero-order valence-corrected chi connectivity index (χ0v) is 16.5. The van der Waals surface area contributed by atoms with Gasteiger partial charge in [0.05, 0.1) is 10.9 Å². The number of rotatable bonds is 8. The molecule has 0 fully saturated rings. The Morgan fingerprint density at radius 2 is 2.11 bits per heavy atom. The van der Waals surface area contributed by atoms with Gasteiger partial charge in [0.25, 0.3) is 11.5 Å². The monoisotopic (exact) mass is 371 g/mol. The summed E-state index contributed by atoms with van der Waals surface area (Å²) < 4.78 is 7.34. The van der Waals surface area contributed by atoms with Gasteiger partial charge in [-0.3, -0.25) is 14.2 Å². The van der Waals surface area contributed by atoms with Crippen LogP contribution in [0.15, 0.2) is 23.0 Å². The van der Waals surface area contributed by atoms with Crippen LogP contribution in [-0.2, 0) is 17.8 Å². The average Bonchev–Trinajstić information content (AvgIpc) is 3.09. The molecule has 2 aromatic rings. The maximum Gasteiger partial charge on any atom is 0.261 e. The van der Waals surface area contributed by atoms with Gasteiger partial charge in [-0.05, 0) is 43.9 Å². The number of hydrogen-bond acceptors (Lipinski definition) is 4. The fourth-order valence-electron chi connectivity index (χ4n) is 3.52. The van der Waals surface area contributed by atoms with Gasteiger partial charge in [-0.15, -0.1) is 0 Å². The second-order valence-corrected chi connectivity index (χ2v) is 7.85. The Morgan fingerprint density at radius 3 is 2.89 bits per heavy atom. The fraction of sp³-hybridized carbons (Fsp3) is 0.571. The third-order valence-electron chi connectivity index (χ3n) is 4.98. The van der Waals surface area contributed by atoms with E-state index in [9.17, 15) is 9.59 Å². The van der Waals surface area contributed by atoms with Crippen LogP contribution in [0.4, 0.5) is 0 Å². The Bertz CT molecular complexity index is 873. The Hall–Kier alpha value is -2.37. The Labute approximate surface area is 159 Å². The summed E-state index contributed by atoms with van der Waals surface area (Å²) >= 11 is 0. The SMILES string of the molecule is CC(C)CCC[C@H](C)NC(=O)COc1ccc2nc3n(c(=O)c2c1)CCC3. The van der Waals surface area contributed by atoms with Crippen molar-refractivity contribution in [3.05, 3.63) is 34.4 Å². The van der Waals surface area contributed by atoms with Crippen molar-refractivity contribution in [2.45, 2.75) is 65.5 Å². The van der Waals surface area contributed by atoms with E-state index in [4.69, 9.17) is 4.74 Å². The first kappa shape index (κ1) is 19.4. The molecule has 146 valence electrons. The summed E-state index contributed by atoms with van der Waals surface area (Å²) in [5.41, 5.74) is 0.657. The molecule has 1 aliphatic rings. The van der Waals surface area contributed by atoms with E-state index in [1.807, 2.05) is 6.92 Å². The molecule has 27 heavy (non-hydrogen) atoms. The minimum absolute atomic E-state index is 0.0267. The summed E-state index contributed by atoms with van der Waals surface area (Å²) in [6, 6.07) is 5.38. The van der Waals surface area contributed by atoms with Crippen molar-refractivity contribution in [1.29, 1.82) is 0 Å². The van der Waals surface area contributed by atoms with Crippen LogP contribution >= 0.6 is 0 Å². The lowest BCUT2D eigenvalue weighted by atomic mass is 10.0. The average molecular weight is 371 g/mol. The van der Waals surface area contributed by atoms with E-state index in [-0.39, 0.29) is 24.1 Å². The van der Waals surface area contributed by atoms with Gasteiger partial charge in [-0.25, -0.2) is 4.98 Å². The molecule has 0 radical (unpaired) electrons. The van der Waals surface area contributed by atoms with E-state index in [0.717, 1.165) is 38.1 Å². The van der Waals surface area contributed by atoms with Crippen LogP contribution in [0.1, 0.15) is 52.3 Å². The molecule has 0 bridgehead atoms. The third kappa shape index (κ3) is 4.87. The smallest absolute Gasteiger partial charge is 0.261 e. The summed E-state index contributed by atoms with van der Waals surface area (Å²) in [6.45, 7) is 7.09. The summed E-state index contributed by atoms with van der Waals surface area (Å²) in [7, 11) is 0. The fourth-order valence-corrected chi connectivity index (χ4v) is 3.52. The molecule has 6 nitrogen and oxygen atoms in total. The molecule has 1 aromatic carbocycles. The summed E-state index contributed by atoms with van der Waals surface area (Å²) in [5.74, 6) is 1.91. The van der Waals surface area contributed by atoms with Crippen LogP contribution in [0.5, 0.6) is 5.75 Å². The number of amides is 1. The van der Waals surface area contributed by atoms with Gasteiger partial charge in [0.1, 0.15) is 11.6 Å². The van der Waals surface area contributed by atoms with Crippen LogP contribution in [0, 0.1) is 5.92 Å². The number of nitrogens with zero attached hydrogens (tertiary/aromatic N) is 2. The topological polar surface area (TPSA) is 73.2 Å². The zero-order valence-electron chi connectivity index (χ0n) is 16.5. The van der Waals surface area contributed by atoms with Crippen LogP contribution in [0.3, 0.4) is 0 Å². The van der Waals surface area contributed by atoms with Gasteiger partial charge < -0.3 is 10.1 Å². The molecule has 0 spiro atoms. The molecule has 3 rings (SSSR count). The van der Waals surface area contributed by atoms with E-state index in [2.05, 4.69) is 24.1 Å². The van der Waals surface area contributed by atoms with E-state index in [0.29, 0.717) is 22.6 Å². The number of carbonyl (C=O) groups excluding carboxylic acids is 1. The van der Waals surface area contributed by atoms with Gasteiger partial charge in [-0.2, -0.15) is 0 Å². The van der Waals surface area contributed by atoms with Crippen LogP contribution in [0.2, 0.25) is 0 Å². The number of ether oxygens (including phenoxy) is 1. The molecule has 1 N–H and O–H groups in total. The second-order valence-electron chi connectivity index (χ2n) is 7.85. The van der Waals surface area contributed by atoms with Gasteiger partial charge >= 0.3 is 0 Å². The van der Waals surface area contributed by atoms with Crippen molar-refractivity contribution in [1.82, 2.24) is 14.9 Å². The second kappa shape index (κ2) is 8.55. The summed E-state index contributed by atoms with van der Waals surface area (Å²) in [4.78, 5) is 29.2. The highest BCUT2D eigenvalue weighted by Crippen LogP contribution is 2.19. The molecule has 0 unspecified atom stereocenters. The Balaban J connectivity index is 1.57. The predicted octanol–water partition coefficient (Wildman–Crippen LogP) is 3.05. The zero-order chi connectivity index (χ0) is 19.4. The number of fused-ring (bicyclic) bond motifs is 2. The first-order valence-electron chi connectivity index (χ1n) is 9.89. The molecule has 2 heterocycles. The van der Waals surface area contributed by atoms with Gasteiger partial charge in [-0.1, -0.05) is 26.7 Å². The molecular weight excluding hydrogens is 342 g/mol. The van der Waals surface area contributed by atoms with Crippen LogP contribution in [0.25, 0.3) is 10.9 Å². The van der Waals surface area contributed by atoms with Crippen molar-refractivity contribution in [3.8, 4) is 5.75 Å². The molecule has 1 aliphatic heterocycles. The third-order valence-corrected chi connectivity index (χ3v) is 4.98. The van der Waals surface area contributed by atoms with Gasteiger partial charge in [0.15, 0.2) is 6.61 Å². The van der Waals surface area contributed by atoms with Crippen molar-refractivity contribution in [3.63, 3.8) is 0 Å². The standard InChI is InChI=1S/C21H29N3O3/c1-14(2)6-4-7-15(3)22-20(25)13-27-16-9-10-18-17(12-16)21(26)24-11-5-8-19(24)23-18/h9-10,12,14-15H,4-8,11,13H2,1-3H3,(H,22,25)/t15-/m0/s1. The lowest BCUT2D eigenvalue weighted by Gasteiger charge is -2.15. The molecule has 1 atom stereocenters. The maximum atomic E-state index is 12.6. The molecule has 6 heteroatoms. The first-order valence-corrected chi connectivity index (χ1v) is 9.89. The minimum Gasteiger partial charge on any atom is -0.484 e. The highest BCUT2D eigenvalue weighted by molar-refractivity contribution is 5.80. The van der Waals surface area contributed by atoms with Crippen molar-refractivity contribution in [2.24, 2.45) is 5.92 Å². The van der Waals surface area contributed by atoms with Crippen molar-refractivity contribution >= 4 is 16.8 Å². The molecule has 1 amide bonds. The molecular formula is C21H29N3O3. The molecule has 0 saturated heterocycles. The Morgan fingerprint density at radius 1 is 1.30 bits per heavy atom. The van der Waals surface area contributed by atoms with Crippen LogP contribution in [-0.4, -0.2) is 28.1 Å². The lowest BCUT2D eigenvalue weighted by Crippen LogP contribution is -2.36. The quantitative estimate of drug-likeness (QED) is 0.774. The van der Waals surface area contributed by atoms with E-state index in [1.165, 1.54) is 6.42 Å². The highest BCUT2D eigenvalue weighted by Gasteiger charge is 2.16. The lowest BCUT2D eigenvalue weighted by molar-refractivity contribution is -0.123. The van der Waals surface area contributed by atoms with Gasteiger partial charge in [0.2, 0.25) is 0 Å². The van der Waals surface area contributed by atoms with Crippen molar-refractivity contribution < 1.29 is 9.53 Å². The minimum atomic E-state index is -0.143. The van der Waals surface area contributed by atoms with Crippen molar-refractivity contribution in [2.75, 3.05) is 6.61 Å². The summed E-state index contributed by atoms with van der Waals surface area (Å²) in [6.07, 6.45) is 5.04. The number of nitrogens with one attached hydrogen (secondary N) is 1. The van der Waals surface area contributed by atoms with E-state index < -0.39 is 0 Å². The predicted molar refractivity (Wildman–Crippen MR) is 106 cm³/mol. The number of aryl methyl sites for hydroxylation is 1. The molecule has 1 aromatic heterocycles. The molecule has 0 saturated carbocycles. The largest absolute Gasteiger partial charge is 0.484 e. The number of carbonyl (C=O) groups is 1. The van der Waals surface area contributed by atoms with E-state index >= 15 is 0 Å². The van der Waals surface area contributed by atoms with Gasteiger partial charge in [0, 0.05) is 19.0 Å². The highest BCUT2D eigenvalue weighted by atomic mass is 16.5. The normalized spacial score (nSPS) is 14.4. The molecule has 0 aliphatic carbocycles. The number of benzene rings is 1. The first-order chi connectivity index (χ1) is 12.9. The Kier molecular flexibility index (Phi) is 6.14.